The Hall–Kier alpha value is -1.79. The van der Waals surface area contributed by atoms with Crippen LogP contribution >= 0.6 is 15.9 Å². The molecule has 1 aliphatic carbocycles. The molecule has 0 amide bonds. The summed E-state index contributed by atoms with van der Waals surface area (Å²) in [6.45, 7) is 0. The topological polar surface area (TPSA) is 35.8 Å². The Labute approximate surface area is 127 Å². The van der Waals surface area contributed by atoms with Crippen molar-refractivity contribution in [3.8, 4) is 6.07 Å². The largest absolute Gasteiger partial charge is 0.382 e. The molecule has 0 unspecified atom stereocenters. The van der Waals surface area contributed by atoms with Crippen molar-refractivity contribution in [3.63, 3.8) is 0 Å². The third kappa shape index (κ3) is 2.86. The minimum absolute atomic E-state index is 0.534. The predicted molar refractivity (Wildman–Crippen MR) is 84.7 cm³/mol. The van der Waals surface area contributed by atoms with Gasteiger partial charge in [0.1, 0.15) is 0 Å². The lowest BCUT2D eigenvalue weighted by Crippen LogP contribution is -2.33. The lowest BCUT2D eigenvalue weighted by Gasteiger charge is -2.37. The van der Waals surface area contributed by atoms with Crippen LogP contribution in [0, 0.1) is 11.3 Å². The fourth-order valence-corrected chi connectivity index (χ4v) is 3.06. The van der Waals surface area contributed by atoms with Crippen LogP contribution < -0.4 is 5.32 Å². The molecule has 3 heteroatoms. The second-order valence-electron chi connectivity index (χ2n) is 5.25. The van der Waals surface area contributed by atoms with Crippen molar-refractivity contribution < 1.29 is 0 Å². The highest BCUT2D eigenvalue weighted by Gasteiger charge is 2.30. The summed E-state index contributed by atoms with van der Waals surface area (Å²) in [6.07, 6.45) is 2.33. The molecule has 1 fully saturated rings. The van der Waals surface area contributed by atoms with Gasteiger partial charge >= 0.3 is 0 Å². The highest BCUT2D eigenvalue weighted by molar-refractivity contribution is 9.10. The van der Waals surface area contributed by atoms with E-state index in [4.69, 9.17) is 5.26 Å². The predicted octanol–water partition coefficient (Wildman–Crippen LogP) is 4.68. The first-order valence-corrected chi connectivity index (χ1v) is 7.56. The van der Waals surface area contributed by atoms with Gasteiger partial charge in [0.25, 0.3) is 0 Å². The van der Waals surface area contributed by atoms with Crippen LogP contribution in [0.4, 0.5) is 5.69 Å². The van der Waals surface area contributed by atoms with Crippen LogP contribution in [0.1, 0.15) is 29.9 Å². The minimum Gasteiger partial charge on any atom is -0.382 e. The molecule has 3 rings (SSSR count). The number of nitrogens with zero attached hydrogens (tertiary/aromatic N) is 1. The Kier molecular flexibility index (Phi) is 3.75. The summed E-state index contributed by atoms with van der Waals surface area (Å²) in [5.74, 6) is 0.656. The summed E-state index contributed by atoms with van der Waals surface area (Å²) in [5.41, 5.74) is 3.22. The van der Waals surface area contributed by atoms with Crippen molar-refractivity contribution in [2.75, 3.05) is 5.32 Å². The van der Waals surface area contributed by atoms with Crippen LogP contribution in [0.15, 0.2) is 53.0 Å². The smallest absolute Gasteiger partial charge is 0.0991 e. The number of nitriles is 1. The molecule has 1 N–H and O–H groups in total. The van der Waals surface area contributed by atoms with Crippen molar-refractivity contribution in [1.82, 2.24) is 0 Å². The SMILES string of the molecule is N#Cc1ccc(NC2CC(c3cccc(Br)c3)C2)cc1. The Bertz CT molecular complexity index is 637. The van der Waals surface area contributed by atoms with E-state index in [9.17, 15) is 0 Å². The van der Waals surface area contributed by atoms with Crippen LogP contribution in [-0.4, -0.2) is 6.04 Å². The van der Waals surface area contributed by atoms with E-state index in [1.807, 2.05) is 24.3 Å². The fourth-order valence-electron chi connectivity index (χ4n) is 2.65. The van der Waals surface area contributed by atoms with E-state index >= 15 is 0 Å². The maximum Gasteiger partial charge on any atom is 0.0991 e. The minimum atomic E-state index is 0.534. The van der Waals surface area contributed by atoms with Crippen molar-refractivity contribution in [2.24, 2.45) is 0 Å². The summed E-state index contributed by atoms with van der Waals surface area (Å²) in [6, 6.07) is 18.9. The molecule has 2 aromatic rings. The van der Waals surface area contributed by atoms with E-state index in [0.29, 0.717) is 17.5 Å². The molecule has 1 saturated carbocycles. The van der Waals surface area contributed by atoms with Gasteiger partial charge in [-0.3, -0.25) is 0 Å². The zero-order valence-electron chi connectivity index (χ0n) is 11.0. The Morgan fingerprint density at radius 3 is 2.50 bits per heavy atom. The number of benzene rings is 2. The van der Waals surface area contributed by atoms with Crippen molar-refractivity contribution in [3.05, 3.63) is 64.1 Å². The average Bonchev–Trinajstić information content (AvgIpc) is 2.43. The third-order valence-corrected chi connectivity index (χ3v) is 4.34. The van der Waals surface area contributed by atoms with Crippen molar-refractivity contribution >= 4 is 21.6 Å². The van der Waals surface area contributed by atoms with Crippen LogP contribution in [0.3, 0.4) is 0 Å². The Morgan fingerprint density at radius 1 is 1.10 bits per heavy atom. The van der Waals surface area contributed by atoms with Gasteiger partial charge in [0, 0.05) is 16.2 Å². The van der Waals surface area contributed by atoms with Crippen LogP contribution in [0.2, 0.25) is 0 Å². The first-order valence-electron chi connectivity index (χ1n) is 6.77. The van der Waals surface area contributed by atoms with Gasteiger partial charge < -0.3 is 5.32 Å². The first kappa shape index (κ1) is 13.2. The molecular weight excluding hydrogens is 312 g/mol. The maximum absolute atomic E-state index is 8.78. The zero-order valence-corrected chi connectivity index (χ0v) is 12.6. The molecular formula is C17H15BrN2. The van der Waals surface area contributed by atoms with Crippen LogP contribution in [0.25, 0.3) is 0 Å². The fraction of sp³-hybridized carbons (Fsp3) is 0.235. The van der Waals surface area contributed by atoms with Crippen LogP contribution in [0.5, 0.6) is 0 Å². The van der Waals surface area contributed by atoms with E-state index in [1.165, 1.54) is 5.56 Å². The van der Waals surface area contributed by atoms with E-state index in [1.54, 1.807) is 0 Å². The standard InChI is InChI=1S/C17H15BrN2/c18-15-3-1-2-13(8-15)14-9-17(10-14)20-16-6-4-12(11-19)5-7-16/h1-8,14,17,20H,9-10H2. The highest BCUT2D eigenvalue weighted by atomic mass is 79.9. The van der Waals surface area contributed by atoms with E-state index in [0.717, 1.165) is 23.0 Å². The lowest BCUT2D eigenvalue weighted by atomic mass is 9.76. The van der Waals surface area contributed by atoms with Crippen molar-refractivity contribution in [2.45, 2.75) is 24.8 Å². The van der Waals surface area contributed by atoms with Crippen LogP contribution in [-0.2, 0) is 0 Å². The van der Waals surface area contributed by atoms with Gasteiger partial charge in [0.05, 0.1) is 11.6 Å². The zero-order chi connectivity index (χ0) is 13.9. The molecule has 100 valence electrons. The summed E-state index contributed by atoms with van der Waals surface area (Å²) in [5, 5.41) is 12.3. The number of rotatable bonds is 3. The Morgan fingerprint density at radius 2 is 1.85 bits per heavy atom. The molecule has 0 aromatic heterocycles. The summed E-state index contributed by atoms with van der Waals surface area (Å²) >= 11 is 3.52. The van der Waals surface area contributed by atoms with Gasteiger partial charge in [0.15, 0.2) is 0 Å². The molecule has 0 spiro atoms. The molecule has 0 saturated heterocycles. The van der Waals surface area contributed by atoms with E-state index < -0.39 is 0 Å². The van der Waals surface area contributed by atoms with E-state index in [2.05, 4.69) is 51.6 Å². The van der Waals surface area contributed by atoms with Gasteiger partial charge in [0.2, 0.25) is 0 Å². The first-order chi connectivity index (χ1) is 9.74. The second kappa shape index (κ2) is 5.68. The quantitative estimate of drug-likeness (QED) is 0.888. The summed E-state index contributed by atoms with van der Waals surface area (Å²) < 4.78 is 1.15. The van der Waals surface area contributed by atoms with E-state index in [-0.39, 0.29) is 0 Å². The molecule has 20 heavy (non-hydrogen) atoms. The normalized spacial score (nSPS) is 20.8. The molecule has 0 aliphatic heterocycles. The third-order valence-electron chi connectivity index (χ3n) is 3.84. The Balaban J connectivity index is 1.56. The molecule has 0 radical (unpaired) electrons. The van der Waals surface area contributed by atoms with Gasteiger partial charge in [-0.2, -0.15) is 5.26 Å². The number of hydrogen-bond donors (Lipinski definition) is 1. The average molecular weight is 327 g/mol. The highest BCUT2D eigenvalue weighted by Crippen LogP contribution is 2.39. The maximum atomic E-state index is 8.78. The molecule has 2 aromatic carbocycles. The molecule has 0 bridgehead atoms. The molecule has 0 heterocycles. The number of hydrogen-bond acceptors (Lipinski definition) is 2. The monoisotopic (exact) mass is 326 g/mol. The van der Waals surface area contributed by atoms with Crippen molar-refractivity contribution in [1.29, 1.82) is 5.26 Å². The van der Waals surface area contributed by atoms with Gasteiger partial charge in [-0.15, -0.1) is 0 Å². The lowest BCUT2D eigenvalue weighted by molar-refractivity contribution is 0.374. The number of anilines is 1. The van der Waals surface area contributed by atoms with Gasteiger partial charge in [-0.1, -0.05) is 28.1 Å². The second-order valence-corrected chi connectivity index (χ2v) is 6.17. The van der Waals surface area contributed by atoms with Gasteiger partial charge in [-0.25, -0.2) is 0 Å². The molecule has 2 nitrogen and oxygen atoms in total. The number of nitrogens with one attached hydrogen (secondary N) is 1. The van der Waals surface area contributed by atoms with Gasteiger partial charge in [-0.05, 0) is 60.7 Å². The number of halogens is 1. The summed E-state index contributed by atoms with van der Waals surface area (Å²) in [4.78, 5) is 0. The molecule has 1 aliphatic rings. The summed E-state index contributed by atoms with van der Waals surface area (Å²) in [7, 11) is 0. The molecule has 0 atom stereocenters.